The zero-order valence-electron chi connectivity index (χ0n) is 13.1. The van der Waals surface area contributed by atoms with E-state index >= 15 is 0 Å². The van der Waals surface area contributed by atoms with Crippen LogP contribution in [0.2, 0.25) is 0 Å². The highest BCUT2D eigenvalue weighted by Gasteiger charge is 2.07. The number of aromatic nitrogens is 2. The Kier molecular flexibility index (Phi) is 5.09. The molecule has 0 bridgehead atoms. The number of hydrogen-bond acceptors (Lipinski definition) is 4. The zero-order chi connectivity index (χ0) is 15.2. The first kappa shape index (κ1) is 15.2. The Balaban J connectivity index is 2.08. The van der Waals surface area contributed by atoms with Gasteiger partial charge in [-0.15, -0.1) is 0 Å². The molecule has 2 aromatic rings. The highest BCUT2D eigenvalue weighted by Crippen LogP contribution is 2.30. The maximum Gasteiger partial charge on any atom is 0.162 e. The Morgan fingerprint density at radius 3 is 2.76 bits per heavy atom. The van der Waals surface area contributed by atoms with Crippen LogP contribution in [-0.2, 0) is 6.54 Å². The number of ether oxygens (including phenoxy) is 2. The van der Waals surface area contributed by atoms with Crippen molar-refractivity contribution in [1.82, 2.24) is 9.55 Å². The summed E-state index contributed by atoms with van der Waals surface area (Å²) >= 11 is 0. The first-order chi connectivity index (χ1) is 10.2. The molecule has 0 saturated heterocycles. The molecule has 0 amide bonds. The van der Waals surface area contributed by atoms with E-state index in [0.717, 1.165) is 29.4 Å². The lowest BCUT2D eigenvalue weighted by Crippen LogP contribution is -2.09. The van der Waals surface area contributed by atoms with Crippen LogP contribution in [0, 0.1) is 0 Å². The topological polar surface area (TPSA) is 48.3 Å². The molecular formula is C16H23N3O2. The number of anilines is 1. The first-order valence-electron chi connectivity index (χ1n) is 7.21. The van der Waals surface area contributed by atoms with Crippen molar-refractivity contribution in [1.29, 1.82) is 0 Å². The van der Waals surface area contributed by atoms with Gasteiger partial charge in [-0.25, -0.2) is 4.98 Å². The van der Waals surface area contributed by atoms with Crippen LogP contribution >= 0.6 is 0 Å². The number of rotatable bonds is 7. The quantitative estimate of drug-likeness (QED) is 0.847. The number of hydrogen-bond donors (Lipinski definition) is 1. The number of methoxy groups -OCH3 is 1. The Morgan fingerprint density at radius 2 is 2.10 bits per heavy atom. The largest absolute Gasteiger partial charge is 0.493 e. The highest BCUT2D eigenvalue weighted by atomic mass is 16.5. The van der Waals surface area contributed by atoms with E-state index < -0.39 is 0 Å². The second-order valence-corrected chi connectivity index (χ2v) is 5.04. The minimum absolute atomic E-state index is 0.402. The molecule has 2 rings (SSSR count). The molecule has 0 spiro atoms. The van der Waals surface area contributed by atoms with Crippen LogP contribution < -0.4 is 14.8 Å². The van der Waals surface area contributed by atoms with E-state index in [9.17, 15) is 0 Å². The van der Waals surface area contributed by atoms with Gasteiger partial charge in [0, 0.05) is 24.0 Å². The zero-order valence-corrected chi connectivity index (χ0v) is 13.1. The van der Waals surface area contributed by atoms with Crippen molar-refractivity contribution in [3.63, 3.8) is 0 Å². The third kappa shape index (κ3) is 3.68. The van der Waals surface area contributed by atoms with E-state index in [-0.39, 0.29) is 0 Å². The summed E-state index contributed by atoms with van der Waals surface area (Å²) in [4.78, 5) is 4.21. The van der Waals surface area contributed by atoms with Crippen molar-refractivity contribution in [3.05, 3.63) is 36.4 Å². The molecule has 21 heavy (non-hydrogen) atoms. The molecule has 5 nitrogen and oxygen atoms in total. The molecule has 0 saturated carbocycles. The van der Waals surface area contributed by atoms with Gasteiger partial charge in [0.25, 0.3) is 0 Å². The van der Waals surface area contributed by atoms with Gasteiger partial charge in [-0.3, -0.25) is 0 Å². The highest BCUT2D eigenvalue weighted by molar-refractivity contribution is 5.54. The summed E-state index contributed by atoms with van der Waals surface area (Å²) in [5.41, 5.74) is 2.14. The fourth-order valence-electron chi connectivity index (χ4n) is 2.18. The van der Waals surface area contributed by atoms with Gasteiger partial charge >= 0.3 is 0 Å². The van der Waals surface area contributed by atoms with Crippen LogP contribution in [0.3, 0.4) is 0 Å². The summed E-state index contributed by atoms with van der Waals surface area (Å²) < 4.78 is 13.0. The van der Waals surface area contributed by atoms with Crippen LogP contribution in [0.5, 0.6) is 11.5 Å². The molecule has 1 aromatic heterocycles. The molecule has 1 aromatic carbocycles. The molecule has 0 atom stereocenters. The van der Waals surface area contributed by atoms with Crippen molar-refractivity contribution in [3.8, 4) is 11.5 Å². The molecule has 0 aliphatic carbocycles. The van der Waals surface area contributed by atoms with Crippen molar-refractivity contribution in [2.75, 3.05) is 19.0 Å². The number of benzene rings is 1. The summed E-state index contributed by atoms with van der Waals surface area (Å²) in [7, 11) is 1.65. The Labute approximate surface area is 125 Å². The molecule has 0 fully saturated rings. The fraction of sp³-hybridized carbons (Fsp3) is 0.438. The van der Waals surface area contributed by atoms with E-state index in [1.807, 2.05) is 37.6 Å². The van der Waals surface area contributed by atoms with Crippen molar-refractivity contribution in [2.45, 2.75) is 33.4 Å². The average molecular weight is 289 g/mol. The van der Waals surface area contributed by atoms with Crippen LogP contribution in [0.25, 0.3) is 0 Å². The third-order valence-electron chi connectivity index (χ3n) is 3.24. The second kappa shape index (κ2) is 7.02. The van der Waals surface area contributed by atoms with E-state index in [2.05, 4.69) is 28.7 Å². The molecule has 0 unspecified atom stereocenters. The normalized spacial score (nSPS) is 10.7. The minimum atomic E-state index is 0.402. The Morgan fingerprint density at radius 1 is 1.29 bits per heavy atom. The first-order valence-corrected chi connectivity index (χ1v) is 7.21. The van der Waals surface area contributed by atoms with E-state index in [1.54, 1.807) is 7.11 Å². The van der Waals surface area contributed by atoms with Crippen LogP contribution in [0.1, 0.15) is 32.5 Å². The second-order valence-electron chi connectivity index (χ2n) is 5.04. The molecule has 0 radical (unpaired) electrons. The molecule has 1 N–H and O–H groups in total. The Hall–Kier alpha value is -2.17. The number of nitrogens with zero attached hydrogens (tertiary/aromatic N) is 2. The fourth-order valence-corrected chi connectivity index (χ4v) is 2.18. The maximum atomic E-state index is 5.52. The average Bonchev–Trinajstić information content (AvgIpc) is 2.95. The summed E-state index contributed by atoms with van der Waals surface area (Å²) in [6, 6.07) is 6.26. The van der Waals surface area contributed by atoms with Gasteiger partial charge in [0.15, 0.2) is 11.5 Å². The molecule has 0 aliphatic rings. The summed E-state index contributed by atoms with van der Waals surface area (Å²) in [5, 5.41) is 3.39. The van der Waals surface area contributed by atoms with Crippen molar-refractivity contribution >= 4 is 5.69 Å². The lowest BCUT2D eigenvalue weighted by atomic mass is 10.2. The summed E-state index contributed by atoms with van der Waals surface area (Å²) in [6.45, 7) is 7.58. The van der Waals surface area contributed by atoms with Gasteiger partial charge in [-0.2, -0.15) is 0 Å². The van der Waals surface area contributed by atoms with Gasteiger partial charge < -0.3 is 19.4 Å². The van der Waals surface area contributed by atoms with Crippen molar-refractivity contribution in [2.24, 2.45) is 0 Å². The van der Waals surface area contributed by atoms with Gasteiger partial charge in [0.2, 0.25) is 0 Å². The lowest BCUT2D eigenvalue weighted by molar-refractivity contribution is 0.311. The van der Waals surface area contributed by atoms with E-state index in [1.165, 1.54) is 0 Å². The minimum Gasteiger partial charge on any atom is -0.493 e. The van der Waals surface area contributed by atoms with Gasteiger partial charge in [0.05, 0.1) is 32.3 Å². The monoisotopic (exact) mass is 289 g/mol. The lowest BCUT2D eigenvalue weighted by Gasteiger charge is -2.14. The van der Waals surface area contributed by atoms with E-state index in [4.69, 9.17) is 9.47 Å². The third-order valence-corrected chi connectivity index (χ3v) is 3.24. The number of nitrogens with one attached hydrogen (secondary N) is 1. The summed E-state index contributed by atoms with van der Waals surface area (Å²) in [5.74, 6) is 1.50. The standard InChI is InChI=1S/C16H23N3O2/c1-5-21-15-7-6-13(8-16(15)20-4)18-10-14-9-17-11-19(14)12(2)3/h6-9,11-12,18H,5,10H2,1-4H3. The van der Waals surface area contributed by atoms with Crippen LogP contribution in [0.15, 0.2) is 30.7 Å². The molecule has 114 valence electrons. The van der Waals surface area contributed by atoms with Crippen LogP contribution in [0.4, 0.5) is 5.69 Å². The SMILES string of the molecule is CCOc1ccc(NCc2cncn2C(C)C)cc1OC. The van der Waals surface area contributed by atoms with Gasteiger partial charge in [0.1, 0.15) is 0 Å². The maximum absolute atomic E-state index is 5.52. The molecular weight excluding hydrogens is 266 g/mol. The van der Waals surface area contributed by atoms with Gasteiger partial charge in [-0.05, 0) is 32.9 Å². The predicted molar refractivity (Wildman–Crippen MR) is 84.1 cm³/mol. The predicted octanol–water partition coefficient (Wildman–Crippen LogP) is 3.48. The molecule has 0 aliphatic heterocycles. The van der Waals surface area contributed by atoms with Crippen LogP contribution in [-0.4, -0.2) is 23.3 Å². The van der Waals surface area contributed by atoms with Crippen molar-refractivity contribution < 1.29 is 9.47 Å². The van der Waals surface area contributed by atoms with E-state index in [0.29, 0.717) is 12.6 Å². The molecule has 1 heterocycles. The van der Waals surface area contributed by atoms with Gasteiger partial charge in [-0.1, -0.05) is 0 Å². The molecule has 5 heteroatoms. The smallest absolute Gasteiger partial charge is 0.162 e. The number of imidazole rings is 1. The summed E-state index contributed by atoms with van der Waals surface area (Å²) in [6.07, 6.45) is 3.75. The Bertz CT molecular complexity index is 579.